The number of nitrogens with zero attached hydrogens (tertiary/aromatic N) is 1. The maximum absolute atomic E-state index is 13.5. The summed E-state index contributed by atoms with van der Waals surface area (Å²) in [4.78, 5) is 33.0. The molecule has 2 aliphatic heterocycles. The number of benzene rings is 1. The Balaban J connectivity index is 1.37. The van der Waals surface area contributed by atoms with Crippen molar-refractivity contribution in [3.05, 3.63) is 41.1 Å². The first-order valence-electron chi connectivity index (χ1n) is 11.0. The highest BCUT2D eigenvalue weighted by Crippen LogP contribution is 2.47. The fourth-order valence-electron chi connectivity index (χ4n) is 4.63. The Morgan fingerprint density at radius 3 is 2.68 bits per heavy atom. The van der Waals surface area contributed by atoms with Crippen LogP contribution in [0.25, 0.3) is 0 Å². The normalized spacial score (nSPS) is 31.2. The molecule has 2 N–H and O–H groups in total. The number of likely N-dealkylation sites (tertiary alicyclic amines) is 1. The minimum Gasteiger partial charge on any atom is -0.598 e. The lowest BCUT2D eigenvalue weighted by Gasteiger charge is -2.35. The third kappa shape index (κ3) is 4.75. The van der Waals surface area contributed by atoms with Crippen molar-refractivity contribution in [3.63, 3.8) is 0 Å². The molecule has 3 aliphatic rings. The summed E-state index contributed by atoms with van der Waals surface area (Å²) in [6.45, 7) is 3.33. The Labute approximate surface area is 187 Å². The van der Waals surface area contributed by atoms with E-state index in [4.69, 9.17) is 9.57 Å². The van der Waals surface area contributed by atoms with Gasteiger partial charge in [-0.15, -0.1) is 0 Å². The Morgan fingerprint density at radius 2 is 2.03 bits per heavy atom. The predicted molar refractivity (Wildman–Crippen MR) is 117 cm³/mol. The quantitative estimate of drug-likeness (QED) is 0.425. The van der Waals surface area contributed by atoms with E-state index in [-0.39, 0.29) is 18.4 Å². The highest BCUT2D eigenvalue weighted by atomic mass is 32.2. The average molecular weight is 450 g/mol. The Hall–Kier alpha value is -1.65. The van der Waals surface area contributed by atoms with Crippen LogP contribution in [0.15, 0.2) is 30.3 Å². The van der Waals surface area contributed by atoms with Gasteiger partial charge in [0.05, 0.1) is 0 Å². The zero-order valence-electron chi connectivity index (χ0n) is 18.0. The largest absolute Gasteiger partial charge is 0.598 e. The van der Waals surface area contributed by atoms with Crippen LogP contribution >= 0.6 is 11.8 Å². The molecule has 31 heavy (non-hydrogen) atoms. The van der Waals surface area contributed by atoms with Crippen LogP contribution in [0.3, 0.4) is 0 Å². The summed E-state index contributed by atoms with van der Waals surface area (Å²) in [6, 6.07) is 10.4. The molecule has 0 spiro atoms. The molecule has 0 aromatic heterocycles. The summed E-state index contributed by atoms with van der Waals surface area (Å²) in [7, 11) is 0. The molecule has 2 heterocycles. The van der Waals surface area contributed by atoms with E-state index in [0.717, 1.165) is 18.6 Å². The second-order valence-electron chi connectivity index (χ2n) is 8.52. The molecule has 1 aromatic rings. The van der Waals surface area contributed by atoms with Crippen molar-refractivity contribution in [2.24, 2.45) is 5.92 Å². The van der Waals surface area contributed by atoms with Crippen molar-refractivity contribution in [1.29, 1.82) is 0 Å². The topological polar surface area (TPSA) is 98.7 Å². The summed E-state index contributed by atoms with van der Waals surface area (Å²) in [5.74, 6) is 0.973. The average Bonchev–Trinajstić information content (AvgIpc) is 3.70. The number of hydroxylamine groups is 2. The van der Waals surface area contributed by atoms with E-state index in [2.05, 4.69) is 29.6 Å². The predicted octanol–water partition coefficient (Wildman–Crippen LogP) is 0.690. The van der Waals surface area contributed by atoms with Gasteiger partial charge >= 0.3 is 0 Å². The van der Waals surface area contributed by atoms with Crippen molar-refractivity contribution >= 4 is 23.6 Å². The van der Waals surface area contributed by atoms with Crippen LogP contribution in [0.4, 0.5) is 0 Å². The molecule has 1 saturated carbocycles. The number of hydrogen-bond donors (Lipinski definition) is 2. The van der Waals surface area contributed by atoms with Gasteiger partial charge in [0.25, 0.3) is 12.1 Å². The molecule has 1 aromatic carbocycles. The SMILES string of the molecule is CCO[NH+]([O-])[C@H]1O[C@@H]1C(=O)NC1(C(=O)N2CCC(c3ccccc3)CC2)C[C@H]1CSC. The van der Waals surface area contributed by atoms with Gasteiger partial charge in [-0.2, -0.15) is 17.0 Å². The number of rotatable bonds is 9. The number of hydrogen-bond acceptors (Lipinski definition) is 6. The van der Waals surface area contributed by atoms with Crippen LogP contribution in [0.2, 0.25) is 0 Å². The maximum atomic E-state index is 13.5. The summed E-state index contributed by atoms with van der Waals surface area (Å²) >= 11 is 1.67. The van der Waals surface area contributed by atoms with Gasteiger partial charge in [0, 0.05) is 19.0 Å². The number of thioether (sulfide) groups is 1. The number of amides is 2. The minimum absolute atomic E-state index is 0.000235. The van der Waals surface area contributed by atoms with Gasteiger partial charge in [-0.1, -0.05) is 30.3 Å². The zero-order chi connectivity index (χ0) is 22.0. The number of piperidine rings is 1. The van der Waals surface area contributed by atoms with Crippen LogP contribution in [0.5, 0.6) is 0 Å². The first-order valence-corrected chi connectivity index (χ1v) is 12.4. The lowest BCUT2D eigenvalue weighted by molar-refractivity contribution is -1.07. The molecule has 3 fully saturated rings. The van der Waals surface area contributed by atoms with E-state index in [1.165, 1.54) is 5.56 Å². The van der Waals surface area contributed by atoms with Gasteiger partial charge in [0.15, 0.2) is 0 Å². The Kier molecular flexibility index (Phi) is 6.88. The first kappa shape index (κ1) is 22.5. The molecule has 2 amide bonds. The number of carbonyl (C=O) groups excluding carboxylic acids is 2. The lowest BCUT2D eigenvalue weighted by atomic mass is 9.89. The van der Waals surface area contributed by atoms with Gasteiger partial charge < -0.3 is 20.2 Å². The van der Waals surface area contributed by atoms with E-state index in [1.807, 2.05) is 17.2 Å². The number of nitrogens with one attached hydrogen (secondary N) is 2. The summed E-state index contributed by atoms with van der Waals surface area (Å²) in [5.41, 5.74) is 0.449. The maximum Gasteiger partial charge on any atom is 0.259 e. The van der Waals surface area contributed by atoms with Crippen molar-refractivity contribution < 1.29 is 24.4 Å². The van der Waals surface area contributed by atoms with Crippen LogP contribution < -0.4 is 10.5 Å². The molecule has 170 valence electrons. The van der Waals surface area contributed by atoms with Gasteiger partial charge in [-0.05, 0) is 49.7 Å². The van der Waals surface area contributed by atoms with E-state index < -0.39 is 29.0 Å². The fourth-order valence-corrected chi connectivity index (χ4v) is 5.43. The van der Waals surface area contributed by atoms with E-state index >= 15 is 0 Å². The summed E-state index contributed by atoms with van der Waals surface area (Å²) in [5, 5.41) is 14.2. The summed E-state index contributed by atoms with van der Waals surface area (Å²) in [6.07, 6.45) is 2.76. The monoisotopic (exact) mass is 449 g/mol. The lowest BCUT2D eigenvalue weighted by Crippen LogP contribution is -3.08. The third-order valence-corrected chi connectivity index (χ3v) is 7.26. The van der Waals surface area contributed by atoms with E-state index in [9.17, 15) is 14.8 Å². The molecule has 2 saturated heterocycles. The van der Waals surface area contributed by atoms with E-state index in [0.29, 0.717) is 25.4 Å². The molecule has 9 heteroatoms. The van der Waals surface area contributed by atoms with Gasteiger partial charge in [0.1, 0.15) is 12.1 Å². The zero-order valence-corrected chi connectivity index (χ0v) is 18.9. The molecular weight excluding hydrogens is 418 g/mol. The molecule has 0 radical (unpaired) electrons. The molecule has 4 rings (SSSR count). The van der Waals surface area contributed by atoms with Gasteiger partial charge in [-0.3, -0.25) is 9.59 Å². The van der Waals surface area contributed by atoms with Gasteiger partial charge in [-0.25, -0.2) is 4.84 Å². The van der Waals surface area contributed by atoms with Crippen LogP contribution in [-0.4, -0.2) is 66.3 Å². The number of epoxide rings is 1. The van der Waals surface area contributed by atoms with Crippen molar-refractivity contribution in [2.45, 2.75) is 50.0 Å². The van der Waals surface area contributed by atoms with E-state index in [1.54, 1.807) is 18.7 Å². The standard InChI is InChI=1S/C22H31N3O5S/c1-3-29-25(28)20-18(30-20)19(26)23-22(13-17(22)14-31-2)21(27)24-11-9-16(10-12-24)15-7-5-4-6-8-15/h4-8,16-18,20,25H,3,9-14H2,1-2H3,(H,23,26)/t17-,18+,20-,22?/m0/s1. The number of ether oxygens (including phenoxy) is 1. The number of carbonyl (C=O) groups is 2. The molecule has 1 aliphatic carbocycles. The first-order chi connectivity index (χ1) is 15.0. The van der Waals surface area contributed by atoms with Crippen LogP contribution in [-0.2, 0) is 19.2 Å². The highest BCUT2D eigenvalue weighted by molar-refractivity contribution is 7.98. The van der Waals surface area contributed by atoms with Crippen molar-refractivity contribution in [1.82, 2.24) is 10.2 Å². The molecule has 2 unspecified atom stereocenters. The third-order valence-electron chi connectivity index (χ3n) is 6.52. The summed E-state index contributed by atoms with van der Waals surface area (Å²) < 4.78 is 5.23. The Morgan fingerprint density at radius 1 is 1.32 bits per heavy atom. The van der Waals surface area contributed by atoms with Crippen molar-refractivity contribution in [2.75, 3.05) is 31.7 Å². The second kappa shape index (κ2) is 9.46. The number of quaternary nitrogens is 1. The van der Waals surface area contributed by atoms with Crippen LogP contribution in [0.1, 0.15) is 37.7 Å². The van der Waals surface area contributed by atoms with Crippen molar-refractivity contribution in [3.8, 4) is 0 Å². The molecule has 5 atom stereocenters. The minimum atomic E-state index is -0.870. The van der Waals surface area contributed by atoms with Crippen LogP contribution in [0, 0.1) is 11.1 Å². The highest BCUT2D eigenvalue weighted by Gasteiger charge is 2.64. The second-order valence-corrected chi connectivity index (χ2v) is 9.43. The molecule has 8 nitrogen and oxygen atoms in total. The fraction of sp³-hybridized carbons (Fsp3) is 0.636. The molecular formula is C22H31N3O5S. The van der Waals surface area contributed by atoms with Gasteiger partial charge in [0.2, 0.25) is 12.0 Å². The smallest absolute Gasteiger partial charge is 0.259 e. The Bertz CT molecular complexity index is 789. The molecule has 0 bridgehead atoms.